The Balaban J connectivity index is 0.000000221. The maximum Gasteiger partial charge on any atom is 0.194 e. The van der Waals surface area contributed by atoms with Crippen LogP contribution in [0.1, 0.15) is 49.7 Å². The normalized spacial score (nSPS) is 19.0. The molecule has 1 saturated carbocycles. The van der Waals surface area contributed by atoms with Gasteiger partial charge in [0.05, 0.1) is 5.56 Å². The third-order valence-corrected chi connectivity index (χ3v) is 4.83. The van der Waals surface area contributed by atoms with Crippen molar-refractivity contribution in [2.24, 2.45) is 5.92 Å². The zero-order chi connectivity index (χ0) is 20.8. The minimum atomic E-state index is -1.65. The topological polar surface area (TPSA) is 9.23 Å². The van der Waals surface area contributed by atoms with E-state index in [4.69, 9.17) is 0 Å². The van der Waals surface area contributed by atoms with Crippen LogP contribution in [0.4, 0.5) is 30.9 Å². The molecule has 2 aromatic carbocycles. The molecule has 3 rings (SSSR count). The zero-order valence-electron chi connectivity index (χ0n) is 15.1. The molecule has 8 heteroatoms. The van der Waals surface area contributed by atoms with Crippen molar-refractivity contribution in [1.82, 2.24) is 0 Å². The molecule has 0 amide bonds. The van der Waals surface area contributed by atoms with Gasteiger partial charge in [0.25, 0.3) is 0 Å². The van der Waals surface area contributed by atoms with Crippen molar-refractivity contribution in [3.05, 3.63) is 64.5 Å². The molecule has 1 fully saturated rings. The van der Waals surface area contributed by atoms with Crippen molar-refractivity contribution >= 4 is 0 Å². The largest absolute Gasteiger partial charge is 0.294 e. The fraction of sp³-hybridized carbons (Fsp3) is 0.400. The molecule has 1 aliphatic rings. The van der Waals surface area contributed by atoms with E-state index in [1.54, 1.807) is 0 Å². The fourth-order valence-electron chi connectivity index (χ4n) is 3.16. The standard InChI is InChI=1S/C14H17F3.C6H2F4O/c1-9-2-4-10(5-3-9)11-6-13(16)12(8-15)14(17)7-11;7-4-1-3(11-10)2-5(8)6(4)9/h6-7,9-10H,2-5,8H2,1H3;1-2H. The summed E-state index contributed by atoms with van der Waals surface area (Å²) >= 11 is 0. The minimum Gasteiger partial charge on any atom is -0.294 e. The van der Waals surface area contributed by atoms with Gasteiger partial charge < -0.3 is 0 Å². The van der Waals surface area contributed by atoms with Gasteiger partial charge in [0.15, 0.2) is 23.2 Å². The van der Waals surface area contributed by atoms with Crippen molar-refractivity contribution in [3.8, 4) is 5.75 Å². The molecule has 154 valence electrons. The van der Waals surface area contributed by atoms with Gasteiger partial charge in [0, 0.05) is 16.7 Å². The molecule has 0 spiro atoms. The van der Waals surface area contributed by atoms with Gasteiger partial charge in [-0.1, -0.05) is 19.8 Å². The maximum absolute atomic E-state index is 13.5. The smallest absolute Gasteiger partial charge is 0.194 e. The number of hydrogen-bond donors (Lipinski definition) is 0. The van der Waals surface area contributed by atoms with E-state index in [9.17, 15) is 30.9 Å². The van der Waals surface area contributed by atoms with E-state index in [1.807, 2.05) is 0 Å². The minimum absolute atomic E-state index is 0.226. The first kappa shape index (κ1) is 22.0. The van der Waals surface area contributed by atoms with Crippen molar-refractivity contribution in [3.63, 3.8) is 0 Å². The van der Waals surface area contributed by atoms with Crippen LogP contribution in [-0.4, -0.2) is 0 Å². The van der Waals surface area contributed by atoms with Crippen LogP contribution in [0, 0.1) is 35.0 Å². The van der Waals surface area contributed by atoms with Crippen molar-refractivity contribution < 1.29 is 35.8 Å². The highest BCUT2D eigenvalue weighted by Crippen LogP contribution is 2.36. The molecule has 1 nitrogen and oxygen atoms in total. The van der Waals surface area contributed by atoms with Crippen LogP contribution in [0.3, 0.4) is 0 Å². The van der Waals surface area contributed by atoms with Gasteiger partial charge in [0.2, 0.25) is 0 Å². The van der Waals surface area contributed by atoms with Gasteiger partial charge in [-0.15, -0.1) is 0 Å². The summed E-state index contributed by atoms with van der Waals surface area (Å²) in [4.78, 5) is 2.98. The third kappa shape index (κ3) is 5.39. The molecule has 0 radical (unpaired) electrons. The van der Waals surface area contributed by atoms with Crippen LogP contribution < -0.4 is 4.94 Å². The first-order valence-corrected chi connectivity index (χ1v) is 8.73. The lowest BCUT2D eigenvalue weighted by Gasteiger charge is -2.26. The monoisotopic (exact) mass is 408 g/mol. The van der Waals surface area contributed by atoms with E-state index in [2.05, 4.69) is 11.9 Å². The molecule has 0 heterocycles. The Morgan fingerprint density at radius 2 is 1.32 bits per heavy atom. The van der Waals surface area contributed by atoms with Crippen LogP contribution in [0.5, 0.6) is 5.75 Å². The summed E-state index contributed by atoms with van der Waals surface area (Å²) in [6, 6.07) is 3.41. The molecule has 0 bridgehead atoms. The lowest BCUT2D eigenvalue weighted by Crippen LogP contribution is -2.11. The molecule has 0 atom stereocenters. The van der Waals surface area contributed by atoms with Crippen LogP contribution in [0.15, 0.2) is 24.3 Å². The Hall–Kier alpha value is -2.25. The number of alkyl halides is 1. The maximum atomic E-state index is 13.5. The molecule has 2 aromatic rings. The average Bonchev–Trinajstić information content (AvgIpc) is 2.66. The Kier molecular flexibility index (Phi) is 7.71. The molecule has 0 saturated heterocycles. The third-order valence-electron chi connectivity index (χ3n) is 4.83. The summed E-state index contributed by atoms with van der Waals surface area (Å²) in [6.45, 7) is 1.11. The summed E-state index contributed by atoms with van der Waals surface area (Å²) in [7, 11) is 0. The second-order valence-electron chi connectivity index (χ2n) is 6.83. The van der Waals surface area contributed by atoms with E-state index in [0.717, 1.165) is 25.7 Å². The lowest BCUT2D eigenvalue weighted by atomic mass is 9.79. The molecular weight excluding hydrogens is 389 g/mol. The average molecular weight is 408 g/mol. The Bertz CT molecular complexity index is 755. The number of rotatable bonds is 3. The SMILES string of the molecule is CC1CCC(c2cc(F)c(CF)c(F)c2)CC1.FOc1cc(F)c(F)c(F)c1. The predicted octanol–water partition coefficient (Wildman–Crippen LogP) is 7.10. The Morgan fingerprint density at radius 1 is 0.821 bits per heavy atom. The fourth-order valence-corrected chi connectivity index (χ4v) is 3.16. The lowest BCUT2D eigenvalue weighted by molar-refractivity contribution is -0.00711. The first-order valence-electron chi connectivity index (χ1n) is 8.73. The van der Waals surface area contributed by atoms with Gasteiger partial charge in [-0.05, 0) is 42.4 Å². The highest BCUT2D eigenvalue weighted by atomic mass is 19.3. The van der Waals surface area contributed by atoms with Crippen LogP contribution in [0.25, 0.3) is 0 Å². The van der Waals surface area contributed by atoms with E-state index in [1.165, 1.54) is 12.1 Å². The second-order valence-corrected chi connectivity index (χ2v) is 6.83. The van der Waals surface area contributed by atoms with Crippen molar-refractivity contribution in [2.45, 2.75) is 45.2 Å². The molecule has 28 heavy (non-hydrogen) atoms. The highest BCUT2D eigenvalue weighted by Gasteiger charge is 2.22. The van der Waals surface area contributed by atoms with E-state index >= 15 is 0 Å². The summed E-state index contributed by atoms with van der Waals surface area (Å²) in [5, 5.41) is 0. The van der Waals surface area contributed by atoms with E-state index in [-0.39, 0.29) is 5.92 Å². The van der Waals surface area contributed by atoms with Crippen LogP contribution in [-0.2, 0) is 6.67 Å². The summed E-state index contributed by atoms with van der Waals surface area (Å²) < 4.78 is 87.0. The van der Waals surface area contributed by atoms with Crippen molar-refractivity contribution in [1.29, 1.82) is 0 Å². The quantitative estimate of drug-likeness (QED) is 0.389. The van der Waals surface area contributed by atoms with Gasteiger partial charge in [-0.25, -0.2) is 26.3 Å². The molecule has 0 unspecified atom stereocenters. The molecule has 1 aliphatic carbocycles. The number of halogens is 7. The summed E-state index contributed by atoms with van der Waals surface area (Å²) in [5.41, 5.74) is 0.238. The summed E-state index contributed by atoms with van der Waals surface area (Å²) in [6.07, 6.45) is 4.13. The van der Waals surface area contributed by atoms with E-state index < -0.39 is 47.1 Å². The molecule has 0 aliphatic heterocycles. The number of hydrogen-bond acceptors (Lipinski definition) is 1. The zero-order valence-corrected chi connectivity index (χ0v) is 15.1. The van der Waals surface area contributed by atoms with Crippen LogP contribution >= 0.6 is 0 Å². The Labute approximate surface area is 158 Å². The molecule has 0 aromatic heterocycles. The van der Waals surface area contributed by atoms with Crippen LogP contribution in [0.2, 0.25) is 0 Å². The Morgan fingerprint density at radius 3 is 1.75 bits per heavy atom. The van der Waals surface area contributed by atoms with Gasteiger partial charge in [0.1, 0.15) is 18.3 Å². The number of benzene rings is 2. The molecule has 0 N–H and O–H groups in total. The first-order chi connectivity index (χ1) is 13.3. The second kappa shape index (κ2) is 9.80. The summed E-state index contributed by atoms with van der Waals surface area (Å²) in [5.74, 6) is -5.90. The van der Waals surface area contributed by atoms with Gasteiger partial charge in [-0.3, -0.25) is 4.94 Å². The predicted molar refractivity (Wildman–Crippen MR) is 89.6 cm³/mol. The van der Waals surface area contributed by atoms with Crippen molar-refractivity contribution in [2.75, 3.05) is 0 Å². The van der Waals surface area contributed by atoms with Gasteiger partial charge >= 0.3 is 0 Å². The molecular formula is C20H19F7O. The van der Waals surface area contributed by atoms with E-state index in [0.29, 0.717) is 23.6 Å². The highest BCUT2D eigenvalue weighted by molar-refractivity contribution is 5.28. The van der Waals surface area contributed by atoms with Gasteiger partial charge in [-0.2, -0.15) is 0 Å².